The fourth-order valence-corrected chi connectivity index (χ4v) is 3.64. The molecule has 1 saturated heterocycles. The van der Waals surface area contributed by atoms with Crippen molar-refractivity contribution in [1.82, 2.24) is 4.98 Å². The SMILES string of the molecule is CCOc1c([C@@H]2[C@H](C)[C@@H](C)O[C@H]2C(=O)Nc2ccnc(C(N)=O)c2)ccc(F)c1F. The van der Waals surface area contributed by atoms with E-state index < -0.39 is 35.5 Å². The van der Waals surface area contributed by atoms with E-state index in [0.717, 1.165) is 6.07 Å². The Morgan fingerprint density at radius 1 is 1.27 bits per heavy atom. The molecule has 1 fully saturated rings. The Hall–Kier alpha value is -3.07. The van der Waals surface area contributed by atoms with Crippen LogP contribution in [-0.2, 0) is 9.53 Å². The molecule has 1 aromatic heterocycles. The van der Waals surface area contributed by atoms with Crippen molar-refractivity contribution in [3.8, 4) is 5.75 Å². The quantitative estimate of drug-likeness (QED) is 0.749. The number of amides is 2. The van der Waals surface area contributed by atoms with Gasteiger partial charge in [-0.25, -0.2) is 4.39 Å². The molecule has 3 rings (SSSR count). The van der Waals surface area contributed by atoms with E-state index in [9.17, 15) is 18.4 Å². The fraction of sp³-hybridized carbons (Fsp3) is 0.381. The van der Waals surface area contributed by atoms with Crippen LogP contribution in [0, 0.1) is 17.6 Å². The van der Waals surface area contributed by atoms with E-state index in [0.29, 0.717) is 11.3 Å². The van der Waals surface area contributed by atoms with Gasteiger partial charge in [-0.15, -0.1) is 0 Å². The van der Waals surface area contributed by atoms with Crippen LogP contribution in [0.5, 0.6) is 5.75 Å². The maximum Gasteiger partial charge on any atom is 0.267 e. The molecule has 3 N–H and O–H groups in total. The van der Waals surface area contributed by atoms with Gasteiger partial charge in [0.25, 0.3) is 11.8 Å². The number of carbonyl (C=O) groups is 2. The van der Waals surface area contributed by atoms with Crippen LogP contribution in [0.2, 0.25) is 0 Å². The molecule has 1 aromatic carbocycles. The van der Waals surface area contributed by atoms with Gasteiger partial charge in [0.2, 0.25) is 5.82 Å². The minimum atomic E-state index is -1.10. The average Bonchev–Trinajstić information content (AvgIpc) is 3.01. The summed E-state index contributed by atoms with van der Waals surface area (Å²) in [6.07, 6.45) is 0.0486. The fourth-order valence-electron chi connectivity index (χ4n) is 3.64. The zero-order valence-electron chi connectivity index (χ0n) is 16.8. The van der Waals surface area contributed by atoms with Crippen LogP contribution in [0.4, 0.5) is 14.5 Å². The lowest BCUT2D eigenvalue weighted by Crippen LogP contribution is -2.33. The number of anilines is 1. The molecule has 7 nitrogen and oxygen atoms in total. The lowest BCUT2D eigenvalue weighted by atomic mass is 9.82. The molecule has 0 unspecified atom stereocenters. The van der Waals surface area contributed by atoms with Crippen molar-refractivity contribution in [2.24, 2.45) is 11.7 Å². The van der Waals surface area contributed by atoms with E-state index in [1.165, 1.54) is 24.4 Å². The highest BCUT2D eigenvalue weighted by Gasteiger charge is 2.46. The smallest absolute Gasteiger partial charge is 0.267 e. The maximum atomic E-state index is 14.4. The van der Waals surface area contributed by atoms with Gasteiger partial charge in [-0.3, -0.25) is 14.6 Å². The van der Waals surface area contributed by atoms with Gasteiger partial charge < -0.3 is 20.5 Å². The molecule has 160 valence electrons. The molecule has 4 atom stereocenters. The zero-order chi connectivity index (χ0) is 22.0. The number of benzene rings is 1. The average molecular weight is 419 g/mol. The number of primary amides is 1. The van der Waals surface area contributed by atoms with Crippen LogP contribution < -0.4 is 15.8 Å². The summed E-state index contributed by atoms with van der Waals surface area (Å²) < 4.78 is 39.4. The van der Waals surface area contributed by atoms with Crippen molar-refractivity contribution < 1.29 is 27.8 Å². The van der Waals surface area contributed by atoms with E-state index in [1.807, 2.05) is 13.8 Å². The molecule has 1 aliphatic heterocycles. The number of pyridine rings is 1. The summed E-state index contributed by atoms with van der Waals surface area (Å²) in [5, 5.41) is 2.68. The highest BCUT2D eigenvalue weighted by atomic mass is 19.2. The van der Waals surface area contributed by atoms with Crippen LogP contribution in [0.15, 0.2) is 30.5 Å². The van der Waals surface area contributed by atoms with E-state index in [4.69, 9.17) is 15.2 Å². The number of nitrogens with two attached hydrogens (primary N) is 1. The van der Waals surface area contributed by atoms with Gasteiger partial charge in [-0.1, -0.05) is 13.0 Å². The van der Waals surface area contributed by atoms with Gasteiger partial charge in [-0.05, 0) is 38.0 Å². The van der Waals surface area contributed by atoms with Crippen molar-refractivity contribution >= 4 is 17.5 Å². The molecule has 0 aliphatic carbocycles. The summed E-state index contributed by atoms with van der Waals surface area (Å²) in [6.45, 7) is 5.48. The van der Waals surface area contributed by atoms with Gasteiger partial charge in [0.15, 0.2) is 11.6 Å². The molecule has 30 heavy (non-hydrogen) atoms. The van der Waals surface area contributed by atoms with Crippen molar-refractivity contribution in [3.63, 3.8) is 0 Å². The molecular formula is C21H23F2N3O4. The molecule has 9 heteroatoms. The van der Waals surface area contributed by atoms with Crippen molar-refractivity contribution in [1.29, 1.82) is 0 Å². The molecule has 0 radical (unpaired) electrons. The van der Waals surface area contributed by atoms with Crippen LogP contribution >= 0.6 is 0 Å². The Morgan fingerprint density at radius 2 is 2.00 bits per heavy atom. The van der Waals surface area contributed by atoms with Crippen LogP contribution in [0.25, 0.3) is 0 Å². The zero-order valence-corrected chi connectivity index (χ0v) is 16.8. The number of hydrogen-bond donors (Lipinski definition) is 2. The number of carbonyl (C=O) groups excluding carboxylic acids is 2. The second-order valence-corrected chi connectivity index (χ2v) is 7.14. The number of rotatable bonds is 6. The van der Waals surface area contributed by atoms with Crippen LogP contribution in [0.1, 0.15) is 42.7 Å². The number of halogens is 2. The minimum absolute atomic E-state index is 0.00216. The Balaban J connectivity index is 1.95. The van der Waals surface area contributed by atoms with Crippen molar-refractivity contribution in [2.75, 3.05) is 11.9 Å². The van der Waals surface area contributed by atoms with Gasteiger partial charge >= 0.3 is 0 Å². The molecule has 0 bridgehead atoms. The van der Waals surface area contributed by atoms with Gasteiger partial charge in [0.1, 0.15) is 11.8 Å². The molecule has 0 spiro atoms. The highest BCUT2D eigenvalue weighted by molar-refractivity contribution is 5.97. The number of hydrogen-bond acceptors (Lipinski definition) is 5. The third-order valence-corrected chi connectivity index (χ3v) is 5.26. The largest absolute Gasteiger partial charge is 0.490 e. The first-order chi connectivity index (χ1) is 14.2. The summed E-state index contributed by atoms with van der Waals surface area (Å²) >= 11 is 0. The van der Waals surface area contributed by atoms with E-state index in [2.05, 4.69) is 10.3 Å². The molecule has 2 aromatic rings. The van der Waals surface area contributed by atoms with E-state index >= 15 is 0 Å². The Bertz CT molecular complexity index is 969. The third kappa shape index (κ3) is 4.11. The summed E-state index contributed by atoms with van der Waals surface area (Å²) in [7, 11) is 0. The predicted molar refractivity (Wildman–Crippen MR) is 105 cm³/mol. The number of ether oxygens (including phenoxy) is 2. The first-order valence-corrected chi connectivity index (χ1v) is 9.57. The Kier molecular flexibility index (Phi) is 6.31. The molecular weight excluding hydrogens is 396 g/mol. The number of nitrogens with zero attached hydrogens (tertiary/aromatic N) is 1. The third-order valence-electron chi connectivity index (χ3n) is 5.26. The number of nitrogens with one attached hydrogen (secondary N) is 1. The molecule has 2 heterocycles. The van der Waals surface area contributed by atoms with Crippen LogP contribution in [-0.4, -0.2) is 35.6 Å². The second-order valence-electron chi connectivity index (χ2n) is 7.14. The molecule has 2 amide bonds. The maximum absolute atomic E-state index is 14.4. The minimum Gasteiger partial charge on any atom is -0.490 e. The van der Waals surface area contributed by atoms with Crippen LogP contribution in [0.3, 0.4) is 0 Å². The summed E-state index contributed by atoms with van der Waals surface area (Å²) in [6, 6.07) is 5.29. The van der Waals surface area contributed by atoms with Crippen molar-refractivity contribution in [3.05, 3.63) is 53.4 Å². The molecule has 0 saturated carbocycles. The summed E-state index contributed by atoms with van der Waals surface area (Å²) in [4.78, 5) is 28.2. The predicted octanol–water partition coefficient (Wildman–Crippen LogP) is 3.00. The summed E-state index contributed by atoms with van der Waals surface area (Å²) in [5.74, 6) is -4.32. The lowest BCUT2D eigenvalue weighted by Gasteiger charge is -2.24. The normalized spacial score (nSPS) is 23.2. The van der Waals surface area contributed by atoms with Gasteiger partial charge in [-0.2, -0.15) is 4.39 Å². The van der Waals surface area contributed by atoms with E-state index in [1.54, 1.807) is 6.92 Å². The monoisotopic (exact) mass is 419 g/mol. The van der Waals surface area contributed by atoms with E-state index in [-0.39, 0.29) is 30.1 Å². The molecule has 1 aliphatic rings. The summed E-state index contributed by atoms with van der Waals surface area (Å²) in [5.41, 5.74) is 5.90. The first-order valence-electron chi connectivity index (χ1n) is 9.57. The van der Waals surface area contributed by atoms with Crippen molar-refractivity contribution in [2.45, 2.75) is 38.9 Å². The van der Waals surface area contributed by atoms with Gasteiger partial charge in [0, 0.05) is 23.4 Å². The van der Waals surface area contributed by atoms with Gasteiger partial charge in [0.05, 0.1) is 12.7 Å². The Labute approximate surface area is 172 Å². The first kappa shape index (κ1) is 21.6. The topological polar surface area (TPSA) is 104 Å². The number of aromatic nitrogens is 1. The standard InChI is InChI=1S/C21H23F2N3O4/c1-4-29-18-13(5-6-14(22)17(18)23)16-10(2)11(3)30-19(16)21(28)26-12-7-8-25-15(9-12)20(24)27/h5-11,16,19H,4H2,1-3H3,(H2,24,27)(H,25,26,28)/t10-,11-,16+,19-/m1/s1. The Morgan fingerprint density at radius 3 is 2.67 bits per heavy atom. The second kappa shape index (κ2) is 8.74. The lowest BCUT2D eigenvalue weighted by molar-refractivity contribution is -0.127. The highest BCUT2D eigenvalue weighted by Crippen LogP contribution is 2.45.